The summed E-state index contributed by atoms with van der Waals surface area (Å²) in [4.78, 5) is 45.4. The van der Waals surface area contributed by atoms with Gasteiger partial charge in [0, 0.05) is 30.0 Å². The maximum absolute atomic E-state index is 14.2. The van der Waals surface area contributed by atoms with E-state index >= 15 is 0 Å². The van der Waals surface area contributed by atoms with Gasteiger partial charge in [-0.05, 0) is 66.2 Å². The largest absolute Gasteiger partial charge is 0.465 e. The molecular formula is C27H40N2O5S. The number of nitrogens with zero attached hydrogens (tertiary/aromatic N) is 2. The number of unbranched alkanes of at least 4 members (excludes halogenated alkanes) is 2. The lowest BCUT2D eigenvalue weighted by atomic mass is 9.74. The van der Waals surface area contributed by atoms with Crippen LogP contribution in [0.5, 0.6) is 0 Å². The summed E-state index contributed by atoms with van der Waals surface area (Å²) in [6.45, 7) is 9.45. The van der Waals surface area contributed by atoms with E-state index in [2.05, 4.69) is 18.2 Å². The fraction of sp³-hybridized carbons (Fsp3) is 0.741. The fourth-order valence-electron chi connectivity index (χ4n) is 6.21. The van der Waals surface area contributed by atoms with Crippen LogP contribution in [0.25, 0.3) is 0 Å². The number of rotatable bonds is 5. The van der Waals surface area contributed by atoms with Crippen LogP contribution in [0.15, 0.2) is 24.3 Å². The Morgan fingerprint density at radius 3 is 2.54 bits per heavy atom. The van der Waals surface area contributed by atoms with Crippen LogP contribution in [0.3, 0.4) is 0 Å². The molecule has 0 radical (unpaired) electrons. The number of hydrogen-bond donors (Lipinski definition) is 1. The molecule has 7 nitrogen and oxygen atoms in total. The molecule has 4 heterocycles. The Hall–Kier alpha value is -1.80. The predicted octanol–water partition coefficient (Wildman–Crippen LogP) is 3.32. The normalized spacial score (nSPS) is 36.4. The number of esters is 1. The van der Waals surface area contributed by atoms with Crippen molar-refractivity contribution in [2.45, 2.75) is 87.3 Å². The molecule has 0 aromatic carbocycles. The van der Waals surface area contributed by atoms with E-state index in [1.54, 1.807) is 16.7 Å². The van der Waals surface area contributed by atoms with E-state index in [-0.39, 0.29) is 24.4 Å². The third-order valence-electron chi connectivity index (χ3n) is 7.87. The van der Waals surface area contributed by atoms with Crippen molar-refractivity contribution in [1.29, 1.82) is 0 Å². The van der Waals surface area contributed by atoms with Gasteiger partial charge in [0.05, 0.1) is 23.2 Å². The van der Waals surface area contributed by atoms with E-state index in [9.17, 15) is 19.5 Å². The second kappa shape index (κ2) is 9.92. The number of thioether (sulfide) groups is 1. The van der Waals surface area contributed by atoms with E-state index < -0.39 is 32.9 Å². The lowest BCUT2D eigenvalue weighted by Gasteiger charge is -2.41. The molecule has 2 fully saturated rings. The number of likely N-dealkylation sites (tertiary alicyclic amines) is 1. The Bertz CT molecular complexity index is 912. The third-order valence-corrected chi connectivity index (χ3v) is 9.66. The van der Waals surface area contributed by atoms with Crippen LogP contribution in [-0.4, -0.2) is 80.1 Å². The Morgan fingerprint density at radius 2 is 1.83 bits per heavy atom. The second-order valence-electron chi connectivity index (χ2n) is 11.4. The van der Waals surface area contributed by atoms with Crippen molar-refractivity contribution in [3.63, 3.8) is 0 Å². The lowest BCUT2D eigenvalue weighted by molar-refractivity contribution is -0.154. The third kappa shape index (κ3) is 4.57. The van der Waals surface area contributed by atoms with Gasteiger partial charge < -0.3 is 19.6 Å². The maximum atomic E-state index is 14.2. The summed E-state index contributed by atoms with van der Waals surface area (Å²) in [7, 11) is 0. The van der Waals surface area contributed by atoms with Crippen LogP contribution in [0.4, 0.5) is 0 Å². The summed E-state index contributed by atoms with van der Waals surface area (Å²) in [5.74, 6) is -1.83. The molecule has 194 valence electrons. The topological polar surface area (TPSA) is 87.2 Å². The summed E-state index contributed by atoms with van der Waals surface area (Å²) in [5, 5.41) is 9.20. The van der Waals surface area contributed by atoms with Crippen molar-refractivity contribution in [1.82, 2.24) is 9.80 Å². The van der Waals surface area contributed by atoms with Crippen molar-refractivity contribution in [2.24, 2.45) is 11.8 Å². The van der Waals surface area contributed by atoms with E-state index in [0.29, 0.717) is 32.5 Å². The number of carbonyl (C=O) groups excluding carboxylic acids is 3. The molecule has 0 aromatic heterocycles. The molecule has 4 aliphatic heterocycles. The first-order valence-corrected chi connectivity index (χ1v) is 13.8. The summed E-state index contributed by atoms with van der Waals surface area (Å²) >= 11 is 1.60. The number of amides is 2. The zero-order valence-electron chi connectivity index (χ0n) is 21.5. The zero-order chi connectivity index (χ0) is 25.4. The summed E-state index contributed by atoms with van der Waals surface area (Å²) in [6, 6.07) is -0.673. The van der Waals surface area contributed by atoms with Gasteiger partial charge in [0.2, 0.25) is 11.8 Å². The molecule has 5 atom stereocenters. The first-order valence-electron chi connectivity index (χ1n) is 13.0. The quantitative estimate of drug-likeness (QED) is 0.351. The minimum Gasteiger partial charge on any atom is -0.465 e. The molecule has 2 saturated heterocycles. The summed E-state index contributed by atoms with van der Waals surface area (Å²) in [5.41, 5.74) is -0.403. The number of aliphatic hydroxyl groups excluding tert-OH is 1. The van der Waals surface area contributed by atoms with E-state index in [1.807, 2.05) is 38.7 Å². The van der Waals surface area contributed by atoms with Crippen molar-refractivity contribution < 1.29 is 24.2 Å². The number of carbonyl (C=O) groups is 3. The van der Waals surface area contributed by atoms with Crippen molar-refractivity contribution in [3.8, 4) is 0 Å². The summed E-state index contributed by atoms with van der Waals surface area (Å²) in [6.07, 6.45) is 13.1. The van der Waals surface area contributed by atoms with Gasteiger partial charge in [-0.1, -0.05) is 24.3 Å². The van der Waals surface area contributed by atoms with Gasteiger partial charge in [0.1, 0.15) is 6.04 Å². The van der Waals surface area contributed by atoms with E-state index in [4.69, 9.17) is 4.74 Å². The SMILES string of the molecule is CC(C)(C)N1CC=C[C@]23S[C@]4(C)/C=C\CCCCOC(=O)[C@@H]4[C@H]2C(=O)N(CCCCCO)C3C1=O. The zero-order valence-corrected chi connectivity index (χ0v) is 22.3. The predicted molar refractivity (Wildman–Crippen MR) is 137 cm³/mol. The molecule has 35 heavy (non-hydrogen) atoms. The highest BCUT2D eigenvalue weighted by Gasteiger charge is 2.73. The molecule has 0 aromatic rings. The molecule has 1 unspecified atom stereocenters. The smallest absolute Gasteiger partial charge is 0.311 e. The van der Waals surface area contributed by atoms with E-state index in [1.165, 1.54) is 0 Å². The van der Waals surface area contributed by atoms with Crippen LogP contribution < -0.4 is 0 Å². The minimum absolute atomic E-state index is 0.0577. The van der Waals surface area contributed by atoms with Crippen LogP contribution in [-0.2, 0) is 19.1 Å². The minimum atomic E-state index is -0.831. The number of hydrogen-bond acceptors (Lipinski definition) is 6. The van der Waals surface area contributed by atoms with Gasteiger partial charge in [0.15, 0.2) is 0 Å². The molecule has 2 amide bonds. The van der Waals surface area contributed by atoms with Crippen molar-refractivity contribution in [2.75, 3.05) is 26.3 Å². The highest BCUT2D eigenvalue weighted by molar-refractivity contribution is 8.02. The van der Waals surface area contributed by atoms with Crippen LogP contribution in [0.2, 0.25) is 0 Å². The maximum Gasteiger partial charge on any atom is 0.311 e. The van der Waals surface area contributed by atoms with Gasteiger partial charge in [-0.2, -0.15) is 0 Å². The molecule has 8 heteroatoms. The molecule has 0 bridgehead atoms. The number of fused-ring (bicyclic) bond motifs is 2. The molecule has 0 saturated carbocycles. The highest BCUT2D eigenvalue weighted by atomic mass is 32.2. The standard InChI is InChI=1S/C27H40N2O5S/c1-25(2,3)29-16-12-14-27-19(22(31)28(21(27)23(29)32)15-9-7-10-17-30)20-24(33)34-18-11-6-5-8-13-26(20,4)35-27/h8,12-14,19-21,30H,5-7,9-11,15-18H2,1-4H3/b13-8-/t19-,20-,21?,26+,27-/m0/s1. The summed E-state index contributed by atoms with van der Waals surface area (Å²) < 4.78 is 4.24. The average molecular weight is 505 g/mol. The van der Waals surface area contributed by atoms with Gasteiger partial charge in [-0.25, -0.2) is 0 Å². The first-order chi connectivity index (χ1) is 16.6. The van der Waals surface area contributed by atoms with Crippen LogP contribution in [0, 0.1) is 11.8 Å². The first kappa shape index (κ1) is 26.3. The Labute approximate surface area is 213 Å². The molecule has 4 aliphatic rings. The van der Waals surface area contributed by atoms with Gasteiger partial charge in [-0.15, -0.1) is 11.8 Å². The van der Waals surface area contributed by atoms with Gasteiger partial charge in [-0.3, -0.25) is 14.4 Å². The molecule has 0 aliphatic carbocycles. The Kier molecular flexibility index (Phi) is 7.45. The molecule has 1 N–H and O–H groups in total. The van der Waals surface area contributed by atoms with E-state index in [0.717, 1.165) is 25.7 Å². The number of aliphatic hydroxyl groups is 1. The monoisotopic (exact) mass is 504 g/mol. The Morgan fingerprint density at radius 1 is 1.06 bits per heavy atom. The number of ether oxygens (including phenoxy) is 1. The Balaban J connectivity index is 1.81. The molecule has 4 rings (SSSR count). The number of cyclic esters (lactones) is 1. The van der Waals surface area contributed by atoms with Crippen molar-refractivity contribution >= 4 is 29.5 Å². The molecule has 1 spiro atoms. The highest BCUT2D eigenvalue weighted by Crippen LogP contribution is 2.65. The van der Waals surface area contributed by atoms with Crippen LogP contribution in [0.1, 0.15) is 66.2 Å². The van der Waals surface area contributed by atoms with Crippen molar-refractivity contribution in [3.05, 3.63) is 24.3 Å². The molecular weight excluding hydrogens is 464 g/mol. The van der Waals surface area contributed by atoms with Gasteiger partial charge >= 0.3 is 5.97 Å². The second-order valence-corrected chi connectivity index (χ2v) is 13.2. The van der Waals surface area contributed by atoms with Crippen LogP contribution >= 0.6 is 11.8 Å². The number of allylic oxidation sites excluding steroid dienone is 1. The fourth-order valence-corrected chi connectivity index (χ4v) is 8.36. The van der Waals surface area contributed by atoms with Gasteiger partial charge in [0.25, 0.3) is 0 Å². The lowest BCUT2D eigenvalue weighted by Crippen LogP contribution is -2.57. The average Bonchev–Trinajstić information content (AvgIpc) is 3.10.